The summed E-state index contributed by atoms with van der Waals surface area (Å²) in [5, 5.41) is 9.44. The molecule has 0 aliphatic carbocycles. The Labute approximate surface area is 124 Å². The number of amides is 1. The summed E-state index contributed by atoms with van der Waals surface area (Å²) in [7, 11) is 0. The smallest absolute Gasteiger partial charge is 0.410 e. The lowest BCUT2D eigenvalue weighted by atomic mass is 9.80. The van der Waals surface area contributed by atoms with Crippen molar-refractivity contribution in [3.63, 3.8) is 0 Å². The number of carboxylic acids is 1. The van der Waals surface area contributed by atoms with Crippen molar-refractivity contribution in [3.05, 3.63) is 0 Å². The molecule has 21 heavy (non-hydrogen) atoms. The number of ether oxygens (including phenoxy) is 2. The van der Waals surface area contributed by atoms with Gasteiger partial charge < -0.3 is 19.5 Å². The normalized spacial score (nSPS) is 22.6. The molecule has 1 unspecified atom stereocenters. The predicted octanol–water partition coefficient (Wildman–Crippen LogP) is 1.65. The molecule has 1 fully saturated rings. The Morgan fingerprint density at radius 1 is 1.29 bits per heavy atom. The molecule has 0 radical (unpaired) electrons. The van der Waals surface area contributed by atoms with E-state index in [1.807, 2.05) is 0 Å². The van der Waals surface area contributed by atoms with E-state index in [1.54, 1.807) is 27.7 Å². The SMILES string of the molecule is CCOC(=O)C1(C(=O)O)CCCN(C(=O)OC(C)(C)C)C1. The third-order valence-corrected chi connectivity index (χ3v) is 3.22. The molecule has 1 saturated heterocycles. The number of likely N-dealkylation sites (tertiary alicyclic amines) is 1. The second-order valence-corrected chi connectivity index (χ2v) is 6.11. The van der Waals surface area contributed by atoms with E-state index in [2.05, 4.69) is 0 Å². The van der Waals surface area contributed by atoms with Crippen LogP contribution in [0.15, 0.2) is 0 Å². The lowest BCUT2D eigenvalue weighted by molar-refractivity contribution is -0.172. The van der Waals surface area contributed by atoms with Crippen molar-refractivity contribution >= 4 is 18.0 Å². The third kappa shape index (κ3) is 4.09. The van der Waals surface area contributed by atoms with Gasteiger partial charge in [0.15, 0.2) is 5.41 Å². The minimum absolute atomic E-state index is 0.0975. The van der Waals surface area contributed by atoms with Gasteiger partial charge in [0.25, 0.3) is 0 Å². The highest BCUT2D eigenvalue weighted by molar-refractivity contribution is 6.00. The highest BCUT2D eigenvalue weighted by Gasteiger charge is 2.51. The van der Waals surface area contributed by atoms with E-state index in [4.69, 9.17) is 9.47 Å². The minimum atomic E-state index is -1.70. The van der Waals surface area contributed by atoms with Crippen molar-refractivity contribution < 1.29 is 29.0 Å². The van der Waals surface area contributed by atoms with Crippen LogP contribution in [0.25, 0.3) is 0 Å². The minimum Gasteiger partial charge on any atom is -0.480 e. The van der Waals surface area contributed by atoms with E-state index in [0.29, 0.717) is 13.0 Å². The van der Waals surface area contributed by atoms with Gasteiger partial charge >= 0.3 is 18.0 Å². The van der Waals surface area contributed by atoms with Crippen LogP contribution >= 0.6 is 0 Å². The quantitative estimate of drug-likeness (QED) is 0.629. The topological polar surface area (TPSA) is 93.1 Å². The molecule has 0 aromatic carbocycles. The molecule has 0 spiro atoms. The highest BCUT2D eigenvalue weighted by Crippen LogP contribution is 2.32. The van der Waals surface area contributed by atoms with E-state index < -0.39 is 29.0 Å². The number of carbonyl (C=O) groups excluding carboxylic acids is 2. The maximum absolute atomic E-state index is 12.1. The van der Waals surface area contributed by atoms with Crippen LogP contribution in [0.5, 0.6) is 0 Å². The number of aliphatic carboxylic acids is 1. The molecule has 1 aliphatic rings. The molecule has 1 amide bonds. The maximum atomic E-state index is 12.1. The van der Waals surface area contributed by atoms with E-state index in [0.717, 1.165) is 0 Å². The number of piperidine rings is 1. The highest BCUT2D eigenvalue weighted by atomic mass is 16.6. The predicted molar refractivity (Wildman–Crippen MR) is 73.7 cm³/mol. The fraction of sp³-hybridized carbons (Fsp3) is 0.786. The fourth-order valence-electron chi connectivity index (χ4n) is 2.24. The number of carboxylic acid groups (broad SMARTS) is 1. The molecule has 120 valence electrons. The van der Waals surface area contributed by atoms with Crippen LogP contribution in [0.3, 0.4) is 0 Å². The number of hydrogen-bond acceptors (Lipinski definition) is 5. The first-order valence-electron chi connectivity index (χ1n) is 7.01. The van der Waals surface area contributed by atoms with E-state index in [-0.39, 0.29) is 19.6 Å². The molecule has 0 aromatic rings. The molecule has 1 N–H and O–H groups in total. The van der Waals surface area contributed by atoms with Crippen LogP contribution < -0.4 is 0 Å². The van der Waals surface area contributed by atoms with Crippen molar-refractivity contribution in [2.45, 2.75) is 46.1 Å². The Bertz CT molecular complexity index is 428. The van der Waals surface area contributed by atoms with Gasteiger partial charge in [0.05, 0.1) is 13.2 Å². The molecule has 1 rings (SSSR count). The van der Waals surface area contributed by atoms with Crippen LogP contribution in [-0.2, 0) is 19.1 Å². The summed E-state index contributed by atoms with van der Waals surface area (Å²) in [5.74, 6) is -2.07. The van der Waals surface area contributed by atoms with Gasteiger partial charge in [-0.3, -0.25) is 9.59 Å². The second kappa shape index (κ2) is 6.32. The Kier molecular flexibility index (Phi) is 5.20. The summed E-state index contributed by atoms with van der Waals surface area (Å²) in [5.41, 5.74) is -2.38. The lowest BCUT2D eigenvalue weighted by Gasteiger charge is -2.38. The first-order chi connectivity index (χ1) is 9.62. The summed E-state index contributed by atoms with van der Waals surface area (Å²) >= 11 is 0. The molecule has 1 heterocycles. The van der Waals surface area contributed by atoms with Crippen LogP contribution in [0.1, 0.15) is 40.5 Å². The Balaban J connectivity index is 2.92. The Hall–Kier alpha value is -1.79. The standard InChI is InChI=1S/C14H23NO6/c1-5-20-11(18)14(10(16)17)7-6-8-15(9-14)12(19)21-13(2,3)4/h5-9H2,1-4H3,(H,16,17). The average molecular weight is 301 g/mol. The van der Waals surface area contributed by atoms with Crippen molar-refractivity contribution in [2.24, 2.45) is 5.41 Å². The van der Waals surface area contributed by atoms with Gasteiger partial charge in [-0.2, -0.15) is 0 Å². The largest absolute Gasteiger partial charge is 0.480 e. The molecule has 7 heteroatoms. The van der Waals surface area contributed by atoms with Crippen LogP contribution in [0.4, 0.5) is 4.79 Å². The third-order valence-electron chi connectivity index (χ3n) is 3.22. The van der Waals surface area contributed by atoms with Gasteiger partial charge in [-0.05, 0) is 40.5 Å². The summed E-state index contributed by atoms with van der Waals surface area (Å²) < 4.78 is 10.1. The zero-order chi connectivity index (χ0) is 16.3. The van der Waals surface area contributed by atoms with Gasteiger partial charge in [0.2, 0.25) is 0 Å². The number of carbonyl (C=O) groups is 3. The summed E-state index contributed by atoms with van der Waals surface area (Å²) in [4.78, 5) is 36.9. The number of rotatable bonds is 3. The molecule has 0 saturated carbocycles. The molecule has 0 aromatic heterocycles. The molecule has 0 bridgehead atoms. The van der Waals surface area contributed by atoms with Crippen molar-refractivity contribution in [1.29, 1.82) is 0 Å². The number of hydrogen-bond donors (Lipinski definition) is 1. The van der Waals surface area contributed by atoms with Crippen molar-refractivity contribution in [3.8, 4) is 0 Å². The van der Waals surface area contributed by atoms with Gasteiger partial charge in [0.1, 0.15) is 5.60 Å². The first kappa shape index (κ1) is 17.3. The van der Waals surface area contributed by atoms with Gasteiger partial charge in [-0.15, -0.1) is 0 Å². The molecular weight excluding hydrogens is 278 g/mol. The van der Waals surface area contributed by atoms with Gasteiger partial charge in [0, 0.05) is 6.54 Å². The van der Waals surface area contributed by atoms with E-state index >= 15 is 0 Å². The van der Waals surface area contributed by atoms with Crippen LogP contribution in [0.2, 0.25) is 0 Å². The summed E-state index contributed by atoms with van der Waals surface area (Å²) in [6, 6.07) is 0. The monoisotopic (exact) mass is 301 g/mol. The lowest BCUT2D eigenvalue weighted by Crippen LogP contribution is -2.55. The van der Waals surface area contributed by atoms with Gasteiger partial charge in [-0.1, -0.05) is 0 Å². The van der Waals surface area contributed by atoms with Crippen molar-refractivity contribution in [2.75, 3.05) is 19.7 Å². The Morgan fingerprint density at radius 3 is 2.38 bits per heavy atom. The first-order valence-corrected chi connectivity index (χ1v) is 7.01. The van der Waals surface area contributed by atoms with Crippen molar-refractivity contribution in [1.82, 2.24) is 4.90 Å². The molecular formula is C14H23NO6. The summed E-state index contributed by atoms with van der Waals surface area (Å²) in [6.07, 6.45) is -0.0534. The number of esters is 1. The summed E-state index contributed by atoms with van der Waals surface area (Å²) in [6.45, 7) is 7.03. The van der Waals surface area contributed by atoms with E-state index in [9.17, 15) is 19.5 Å². The van der Waals surface area contributed by atoms with E-state index in [1.165, 1.54) is 4.90 Å². The van der Waals surface area contributed by atoms with Gasteiger partial charge in [-0.25, -0.2) is 4.79 Å². The second-order valence-electron chi connectivity index (χ2n) is 6.11. The number of nitrogens with zero attached hydrogens (tertiary/aromatic N) is 1. The molecule has 1 atom stereocenters. The van der Waals surface area contributed by atoms with Crippen LogP contribution in [0, 0.1) is 5.41 Å². The van der Waals surface area contributed by atoms with Crippen LogP contribution in [-0.4, -0.2) is 53.3 Å². The average Bonchev–Trinajstić information content (AvgIpc) is 2.36. The molecule has 7 nitrogen and oxygen atoms in total. The Morgan fingerprint density at radius 2 is 1.90 bits per heavy atom. The molecule has 1 aliphatic heterocycles. The zero-order valence-corrected chi connectivity index (χ0v) is 13.0. The maximum Gasteiger partial charge on any atom is 0.410 e. The zero-order valence-electron chi connectivity index (χ0n) is 13.0. The fourth-order valence-corrected chi connectivity index (χ4v) is 2.24.